The Balaban J connectivity index is 1.48. The molecule has 0 aliphatic carbocycles. The molecule has 0 bridgehead atoms. The zero-order chi connectivity index (χ0) is 17.9. The van der Waals surface area contributed by atoms with Crippen molar-refractivity contribution in [3.8, 4) is 5.75 Å². The van der Waals surface area contributed by atoms with E-state index in [4.69, 9.17) is 4.74 Å². The van der Waals surface area contributed by atoms with E-state index in [0.717, 1.165) is 28.9 Å². The van der Waals surface area contributed by atoms with Gasteiger partial charge in [0.15, 0.2) is 15.0 Å². The Morgan fingerprint density at radius 3 is 2.92 bits per heavy atom. The number of hydrogen-bond acceptors (Lipinski definition) is 6. The van der Waals surface area contributed by atoms with Gasteiger partial charge in [-0.2, -0.15) is 0 Å². The Hall–Kier alpha value is -1.54. The quantitative estimate of drug-likeness (QED) is 0.541. The highest BCUT2D eigenvalue weighted by Gasteiger charge is 2.29. The highest BCUT2D eigenvalue weighted by Crippen LogP contribution is 2.23. The van der Waals surface area contributed by atoms with E-state index in [1.54, 1.807) is 11.8 Å². The molecule has 1 aliphatic rings. The fraction of sp³-hybridized carbons (Fsp3) is 0.529. The van der Waals surface area contributed by atoms with Crippen LogP contribution in [0.2, 0.25) is 0 Å². The maximum absolute atomic E-state index is 11.6. The molecular formula is C17H23N3O3S2. The summed E-state index contributed by atoms with van der Waals surface area (Å²) < 4.78 is 30.8. The second-order valence-electron chi connectivity index (χ2n) is 6.44. The van der Waals surface area contributed by atoms with E-state index in [1.165, 1.54) is 5.56 Å². The Bertz CT molecular complexity index is 833. The molecule has 1 aliphatic heterocycles. The number of rotatable bonds is 7. The van der Waals surface area contributed by atoms with Crippen molar-refractivity contribution < 1.29 is 13.2 Å². The summed E-state index contributed by atoms with van der Waals surface area (Å²) in [6.07, 6.45) is 1.39. The molecule has 1 fully saturated rings. The lowest BCUT2D eigenvalue weighted by molar-refractivity contribution is 0.343. The first-order valence-electron chi connectivity index (χ1n) is 8.34. The van der Waals surface area contributed by atoms with Crippen LogP contribution < -0.4 is 4.74 Å². The smallest absolute Gasteiger partial charge is 0.191 e. The largest absolute Gasteiger partial charge is 0.493 e. The summed E-state index contributed by atoms with van der Waals surface area (Å²) in [6, 6.07) is 7.99. The van der Waals surface area contributed by atoms with Crippen molar-refractivity contribution in [2.24, 2.45) is 13.0 Å². The van der Waals surface area contributed by atoms with Crippen LogP contribution in [-0.2, 0) is 23.3 Å². The molecule has 6 nitrogen and oxygen atoms in total. The van der Waals surface area contributed by atoms with Crippen LogP contribution in [0.25, 0.3) is 0 Å². The monoisotopic (exact) mass is 381 g/mol. The highest BCUT2D eigenvalue weighted by molar-refractivity contribution is 7.99. The Kier molecular flexibility index (Phi) is 5.68. The van der Waals surface area contributed by atoms with Crippen molar-refractivity contribution >= 4 is 21.6 Å². The van der Waals surface area contributed by atoms with Crippen molar-refractivity contribution in [1.29, 1.82) is 0 Å². The van der Waals surface area contributed by atoms with Gasteiger partial charge in [-0.05, 0) is 37.0 Å². The van der Waals surface area contributed by atoms with E-state index in [1.807, 2.05) is 42.8 Å². The number of nitrogens with zero attached hydrogens (tertiary/aromatic N) is 3. The molecule has 0 spiro atoms. The van der Waals surface area contributed by atoms with Crippen molar-refractivity contribution in [2.75, 3.05) is 23.9 Å². The molecule has 8 heteroatoms. The van der Waals surface area contributed by atoms with Gasteiger partial charge in [0.2, 0.25) is 0 Å². The third kappa shape index (κ3) is 4.98. The normalized spacial score (nSPS) is 19.2. The average molecular weight is 382 g/mol. The number of sulfone groups is 1. The lowest BCUT2D eigenvalue weighted by atomic mass is 10.1. The van der Waals surface area contributed by atoms with Gasteiger partial charge in [0.1, 0.15) is 11.6 Å². The van der Waals surface area contributed by atoms with Crippen LogP contribution in [0.3, 0.4) is 0 Å². The molecule has 0 N–H and O–H groups in total. The summed E-state index contributed by atoms with van der Waals surface area (Å²) in [7, 11) is -0.915. The van der Waals surface area contributed by atoms with Gasteiger partial charge in [-0.15, -0.1) is 10.2 Å². The van der Waals surface area contributed by atoms with Gasteiger partial charge in [0.25, 0.3) is 0 Å². The van der Waals surface area contributed by atoms with Crippen LogP contribution in [0.5, 0.6) is 5.75 Å². The van der Waals surface area contributed by atoms with Crippen molar-refractivity contribution in [3.05, 3.63) is 35.7 Å². The summed E-state index contributed by atoms with van der Waals surface area (Å²) >= 11 is 1.60. The molecule has 1 saturated heterocycles. The van der Waals surface area contributed by atoms with E-state index < -0.39 is 9.84 Å². The second-order valence-corrected chi connectivity index (χ2v) is 9.74. The molecule has 0 amide bonds. The molecule has 0 radical (unpaired) electrons. The van der Waals surface area contributed by atoms with E-state index in [-0.39, 0.29) is 11.7 Å². The number of benzene rings is 1. The molecule has 1 aromatic carbocycles. The van der Waals surface area contributed by atoms with Crippen molar-refractivity contribution in [2.45, 2.75) is 24.9 Å². The van der Waals surface area contributed by atoms with Gasteiger partial charge >= 0.3 is 0 Å². The number of aromatic nitrogens is 3. The van der Waals surface area contributed by atoms with Gasteiger partial charge in [-0.25, -0.2) is 8.42 Å². The van der Waals surface area contributed by atoms with E-state index >= 15 is 0 Å². The summed E-state index contributed by atoms with van der Waals surface area (Å²) in [5, 5.41) is 9.29. The first-order valence-corrected chi connectivity index (χ1v) is 11.1. The lowest BCUT2D eigenvalue weighted by Crippen LogP contribution is -2.11. The fourth-order valence-corrected chi connectivity index (χ4v) is 5.55. The van der Waals surface area contributed by atoms with E-state index in [2.05, 4.69) is 10.2 Å². The minimum absolute atomic E-state index is 0.162. The third-order valence-electron chi connectivity index (χ3n) is 4.30. The molecular weight excluding hydrogens is 358 g/mol. The summed E-state index contributed by atoms with van der Waals surface area (Å²) in [5.41, 5.74) is 1.18. The van der Waals surface area contributed by atoms with Gasteiger partial charge in [-0.3, -0.25) is 0 Å². The minimum atomic E-state index is -2.85. The van der Waals surface area contributed by atoms with E-state index in [9.17, 15) is 8.42 Å². The maximum atomic E-state index is 11.6. The second kappa shape index (κ2) is 7.78. The maximum Gasteiger partial charge on any atom is 0.191 e. The van der Waals surface area contributed by atoms with E-state index in [0.29, 0.717) is 18.8 Å². The SMILES string of the molecule is Cc1cccc(OCCSc2nnc(C[C@H]3CCS(=O)(=O)C3)n2C)c1. The number of thioether (sulfide) groups is 1. The van der Waals surface area contributed by atoms with Crippen LogP contribution in [0.4, 0.5) is 0 Å². The van der Waals surface area contributed by atoms with Gasteiger partial charge in [0.05, 0.1) is 18.1 Å². The predicted octanol–water partition coefficient (Wildman–Crippen LogP) is 2.27. The molecule has 3 rings (SSSR count). The molecule has 2 aromatic rings. The molecule has 0 unspecified atom stereocenters. The lowest BCUT2D eigenvalue weighted by Gasteiger charge is -2.08. The summed E-state index contributed by atoms with van der Waals surface area (Å²) in [4.78, 5) is 0. The molecule has 0 saturated carbocycles. The zero-order valence-corrected chi connectivity index (χ0v) is 16.1. The van der Waals surface area contributed by atoms with Crippen molar-refractivity contribution in [3.63, 3.8) is 0 Å². The number of ether oxygens (including phenoxy) is 1. The Labute approximate surface area is 152 Å². The van der Waals surface area contributed by atoms with Crippen LogP contribution >= 0.6 is 11.8 Å². The summed E-state index contributed by atoms with van der Waals surface area (Å²) in [5.74, 6) is 3.24. The standard InChI is InChI=1S/C17H23N3O3S2/c1-13-4-3-5-15(10-13)23-7-8-24-17-19-18-16(20(17)2)11-14-6-9-25(21,22)12-14/h3-5,10,14H,6-9,11-12H2,1-2H3/t14-/m1/s1. The van der Waals surface area contributed by atoms with Gasteiger partial charge < -0.3 is 9.30 Å². The molecule has 1 aromatic heterocycles. The van der Waals surface area contributed by atoms with Crippen LogP contribution in [0.15, 0.2) is 29.4 Å². The predicted molar refractivity (Wildman–Crippen MR) is 98.9 cm³/mol. The topological polar surface area (TPSA) is 74.1 Å². The number of hydrogen-bond donors (Lipinski definition) is 0. The molecule has 2 heterocycles. The number of aryl methyl sites for hydroxylation is 1. The summed E-state index contributed by atoms with van der Waals surface area (Å²) in [6.45, 7) is 2.63. The van der Waals surface area contributed by atoms with Crippen LogP contribution in [0.1, 0.15) is 17.8 Å². The molecule has 1 atom stereocenters. The third-order valence-corrected chi connectivity index (χ3v) is 7.12. The molecule has 25 heavy (non-hydrogen) atoms. The highest BCUT2D eigenvalue weighted by atomic mass is 32.2. The first kappa shape index (κ1) is 18.3. The Morgan fingerprint density at radius 1 is 1.36 bits per heavy atom. The minimum Gasteiger partial charge on any atom is -0.493 e. The zero-order valence-electron chi connectivity index (χ0n) is 14.5. The Morgan fingerprint density at radius 2 is 2.20 bits per heavy atom. The van der Waals surface area contributed by atoms with Crippen molar-refractivity contribution in [1.82, 2.24) is 14.8 Å². The fourth-order valence-electron chi connectivity index (χ4n) is 2.94. The molecule has 136 valence electrons. The first-order chi connectivity index (χ1) is 11.9. The van der Waals surface area contributed by atoms with Crippen LogP contribution in [0, 0.1) is 12.8 Å². The van der Waals surface area contributed by atoms with Gasteiger partial charge in [0, 0.05) is 19.2 Å². The average Bonchev–Trinajstić information content (AvgIpc) is 3.07. The van der Waals surface area contributed by atoms with Gasteiger partial charge in [-0.1, -0.05) is 23.9 Å². The van der Waals surface area contributed by atoms with Crippen LogP contribution in [-0.4, -0.2) is 47.0 Å².